The van der Waals surface area contributed by atoms with Crippen LogP contribution in [0.25, 0.3) is 0 Å². The van der Waals surface area contributed by atoms with Crippen molar-refractivity contribution in [3.8, 4) is 11.7 Å². The number of aliphatic hydroxyl groups excluding tert-OH is 1. The summed E-state index contributed by atoms with van der Waals surface area (Å²) in [6.07, 6.45) is -2.05. The number of rotatable bonds is 8. The van der Waals surface area contributed by atoms with Crippen LogP contribution in [0.5, 0.6) is 0 Å². The molecule has 1 saturated heterocycles. The second-order valence-corrected chi connectivity index (χ2v) is 9.01. The van der Waals surface area contributed by atoms with Gasteiger partial charge >= 0.3 is 23.5 Å². The minimum absolute atomic E-state index is 0.115. The highest BCUT2D eigenvalue weighted by molar-refractivity contribution is 7.66. The van der Waals surface area contributed by atoms with Gasteiger partial charge in [0.2, 0.25) is 0 Å². The van der Waals surface area contributed by atoms with Gasteiger partial charge in [-0.1, -0.05) is 0 Å². The number of ether oxygens (including phenoxy) is 1. The zero-order chi connectivity index (χ0) is 19.3. The molecule has 1 fully saturated rings. The summed E-state index contributed by atoms with van der Waals surface area (Å²) in [6, 6.07) is -0.594. The van der Waals surface area contributed by atoms with Crippen molar-refractivity contribution in [1.29, 1.82) is 0 Å². The SMILES string of the molecule is NCC#C[B][C@H]1C[C@@H](O)[C@@H](COP(=O)(O)OP(=O)(O)OP(=O)(O)O)O1. The molecule has 0 bridgehead atoms. The van der Waals surface area contributed by atoms with E-state index in [1.807, 2.05) is 0 Å². The third-order valence-corrected chi connectivity index (χ3v) is 6.35. The molecule has 0 aromatic heterocycles. The highest BCUT2D eigenvalue weighted by atomic mass is 31.3. The molecule has 25 heavy (non-hydrogen) atoms. The Bertz CT molecular complexity index is 656. The Morgan fingerprint density at radius 3 is 2.36 bits per heavy atom. The van der Waals surface area contributed by atoms with Crippen molar-refractivity contribution in [2.24, 2.45) is 5.73 Å². The van der Waals surface area contributed by atoms with E-state index >= 15 is 0 Å². The fourth-order valence-corrected chi connectivity index (χ4v) is 4.73. The van der Waals surface area contributed by atoms with E-state index in [0.717, 1.165) is 0 Å². The molecule has 1 rings (SSSR count). The molecule has 7 N–H and O–H groups in total. The lowest BCUT2D eigenvalue weighted by Gasteiger charge is -2.19. The predicted molar refractivity (Wildman–Crippen MR) is 81.7 cm³/mol. The van der Waals surface area contributed by atoms with E-state index < -0.39 is 48.3 Å². The molecule has 1 radical (unpaired) electrons. The van der Waals surface area contributed by atoms with E-state index in [1.165, 1.54) is 7.28 Å². The topological polar surface area (TPSA) is 215 Å². The number of phosphoric ester groups is 1. The molecule has 0 spiro atoms. The molecule has 2 unspecified atom stereocenters. The maximum absolute atomic E-state index is 11.5. The van der Waals surface area contributed by atoms with Crippen molar-refractivity contribution in [2.45, 2.75) is 24.6 Å². The molecule has 5 atom stereocenters. The number of hydrogen-bond donors (Lipinski definition) is 6. The quantitative estimate of drug-likeness (QED) is 0.148. The van der Waals surface area contributed by atoms with Gasteiger partial charge in [-0.25, -0.2) is 13.7 Å². The van der Waals surface area contributed by atoms with E-state index in [0.29, 0.717) is 0 Å². The fraction of sp³-hybridized carbons (Fsp3) is 0.750. The van der Waals surface area contributed by atoms with Gasteiger partial charge in [0, 0.05) is 6.00 Å². The van der Waals surface area contributed by atoms with Crippen LogP contribution >= 0.6 is 23.5 Å². The first-order valence-corrected chi connectivity index (χ1v) is 11.0. The maximum atomic E-state index is 11.5. The highest BCUT2D eigenvalue weighted by Crippen LogP contribution is 2.66. The Kier molecular flexibility index (Phi) is 8.46. The standard InChI is InChI=1S/C8H16BNO12P3/c10-3-1-2-9-8-4-6(11)7(20-8)5-19-24(15,16)22-25(17,18)21-23(12,13)14/h6-8,11H,3-5,10H2,(H,15,16)(H,17,18)(H2,12,13,14)/t6-,7-,8-/m1/s1. The molecule has 143 valence electrons. The Balaban J connectivity index is 2.54. The van der Waals surface area contributed by atoms with Gasteiger partial charge in [0.15, 0.2) is 0 Å². The van der Waals surface area contributed by atoms with Crippen LogP contribution in [0.3, 0.4) is 0 Å². The first kappa shape index (κ1) is 23.0. The largest absolute Gasteiger partial charge is 0.490 e. The Morgan fingerprint density at radius 1 is 1.16 bits per heavy atom. The van der Waals surface area contributed by atoms with E-state index in [4.69, 9.17) is 25.2 Å². The van der Waals surface area contributed by atoms with Crippen LogP contribution < -0.4 is 5.73 Å². The third-order valence-electron chi connectivity index (χ3n) is 2.54. The first-order chi connectivity index (χ1) is 11.3. The average molecular weight is 422 g/mol. The van der Waals surface area contributed by atoms with Crippen molar-refractivity contribution in [2.75, 3.05) is 13.2 Å². The zero-order valence-corrected chi connectivity index (χ0v) is 15.1. The van der Waals surface area contributed by atoms with Crippen LogP contribution in [0.15, 0.2) is 0 Å². The monoisotopic (exact) mass is 422 g/mol. The lowest BCUT2D eigenvalue weighted by atomic mass is 9.71. The van der Waals surface area contributed by atoms with Crippen molar-refractivity contribution in [3.63, 3.8) is 0 Å². The number of hydrogen-bond acceptors (Lipinski definition) is 9. The van der Waals surface area contributed by atoms with Crippen LogP contribution in [0, 0.1) is 11.7 Å². The van der Waals surface area contributed by atoms with Crippen LogP contribution in [-0.2, 0) is 31.6 Å². The molecule has 0 aromatic carbocycles. The summed E-state index contributed by atoms with van der Waals surface area (Å²) in [5, 5.41) is 9.76. The molecule has 0 aliphatic carbocycles. The molecule has 1 heterocycles. The second kappa shape index (κ2) is 9.22. The number of phosphoric acid groups is 3. The summed E-state index contributed by atoms with van der Waals surface area (Å²) >= 11 is 0. The summed E-state index contributed by atoms with van der Waals surface area (Å²) in [4.78, 5) is 35.1. The summed E-state index contributed by atoms with van der Waals surface area (Å²) in [5.74, 6) is 5.12. The van der Waals surface area contributed by atoms with Crippen molar-refractivity contribution < 1.29 is 56.3 Å². The van der Waals surface area contributed by atoms with Crippen LogP contribution in [0.1, 0.15) is 6.42 Å². The average Bonchev–Trinajstić information content (AvgIpc) is 2.73. The molecule has 0 saturated carbocycles. The van der Waals surface area contributed by atoms with E-state index in [2.05, 4.69) is 24.9 Å². The Morgan fingerprint density at radius 2 is 1.80 bits per heavy atom. The molecule has 0 aromatic rings. The van der Waals surface area contributed by atoms with Gasteiger partial charge in [-0.05, 0) is 6.42 Å². The molecule has 1 aliphatic heterocycles. The normalized spacial score (nSPS) is 28.5. The number of aliphatic hydroxyl groups is 1. The zero-order valence-electron chi connectivity index (χ0n) is 12.4. The highest BCUT2D eigenvalue weighted by Gasteiger charge is 2.42. The maximum Gasteiger partial charge on any atom is 0.490 e. The molecule has 0 amide bonds. The lowest BCUT2D eigenvalue weighted by molar-refractivity contribution is -0.00456. The second-order valence-electron chi connectivity index (χ2n) is 4.59. The van der Waals surface area contributed by atoms with Gasteiger partial charge in [-0.15, -0.1) is 5.92 Å². The Labute approximate surface area is 143 Å². The smallest absolute Gasteiger partial charge is 0.390 e. The first-order valence-electron chi connectivity index (χ1n) is 6.47. The fourth-order valence-electron chi connectivity index (χ4n) is 1.70. The molecule has 1 aliphatic rings. The molecular weight excluding hydrogens is 406 g/mol. The van der Waals surface area contributed by atoms with E-state index in [-0.39, 0.29) is 13.0 Å². The summed E-state index contributed by atoms with van der Waals surface area (Å²) in [5.41, 5.74) is 5.17. The van der Waals surface area contributed by atoms with Crippen LogP contribution in [0.2, 0.25) is 0 Å². The van der Waals surface area contributed by atoms with Gasteiger partial charge in [0.05, 0.1) is 19.3 Å². The van der Waals surface area contributed by atoms with Gasteiger partial charge < -0.3 is 35.2 Å². The predicted octanol–water partition coefficient (Wildman–Crippen LogP) is -1.57. The van der Waals surface area contributed by atoms with Gasteiger partial charge in [-0.3, -0.25) is 4.52 Å². The van der Waals surface area contributed by atoms with Gasteiger partial charge in [0.25, 0.3) is 7.28 Å². The van der Waals surface area contributed by atoms with Crippen LogP contribution in [-0.4, -0.2) is 63.3 Å². The van der Waals surface area contributed by atoms with E-state index in [1.54, 1.807) is 0 Å². The summed E-state index contributed by atoms with van der Waals surface area (Å²) in [7, 11) is -14.9. The minimum Gasteiger partial charge on any atom is -0.390 e. The van der Waals surface area contributed by atoms with Crippen molar-refractivity contribution >= 4 is 30.7 Å². The van der Waals surface area contributed by atoms with Crippen molar-refractivity contribution in [3.05, 3.63) is 0 Å². The number of nitrogens with two attached hydrogens (primary N) is 1. The van der Waals surface area contributed by atoms with E-state index in [9.17, 15) is 23.7 Å². The molecule has 13 nitrogen and oxygen atoms in total. The molecular formula is C8H16BNO12P3. The Hall–Kier alpha value is -0.0851. The summed E-state index contributed by atoms with van der Waals surface area (Å²) in [6.45, 7) is -0.596. The summed E-state index contributed by atoms with van der Waals surface area (Å²) < 4.78 is 49.9. The lowest BCUT2D eigenvalue weighted by Crippen LogP contribution is -2.26. The van der Waals surface area contributed by atoms with Gasteiger partial charge in [0.1, 0.15) is 6.10 Å². The third kappa shape index (κ3) is 9.42. The van der Waals surface area contributed by atoms with Gasteiger partial charge in [-0.2, -0.15) is 14.4 Å². The minimum atomic E-state index is -5.58. The van der Waals surface area contributed by atoms with Crippen LogP contribution in [0.4, 0.5) is 0 Å². The molecule has 17 heteroatoms. The van der Waals surface area contributed by atoms with Crippen molar-refractivity contribution in [1.82, 2.24) is 0 Å².